The van der Waals surface area contributed by atoms with Gasteiger partial charge in [0.2, 0.25) is 6.29 Å². The predicted molar refractivity (Wildman–Crippen MR) is 107 cm³/mol. The van der Waals surface area contributed by atoms with Crippen molar-refractivity contribution in [3.05, 3.63) is 46.6 Å². The molecular formula is C21H20O11. The zero-order chi connectivity index (χ0) is 23.2. The van der Waals surface area contributed by atoms with Crippen LogP contribution in [0.4, 0.5) is 0 Å². The smallest absolute Gasteiger partial charge is 0.229 e. The number of rotatable bonds is 4. The number of aliphatic hydroxyl groups excluding tert-OH is 4. The van der Waals surface area contributed by atoms with Gasteiger partial charge in [-0.15, -0.1) is 0 Å². The molecule has 5 atom stereocenters. The minimum absolute atomic E-state index is 0.0629. The van der Waals surface area contributed by atoms with Crippen molar-refractivity contribution < 1.29 is 49.6 Å². The van der Waals surface area contributed by atoms with E-state index in [9.17, 15) is 40.5 Å². The monoisotopic (exact) mass is 448 g/mol. The molecule has 4 rings (SSSR count). The van der Waals surface area contributed by atoms with Gasteiger partial charge in [0.1, 0.15) is 64.1 Å². The lowest BCUT2D eigenvalue weighted by Gasteiger charge is -2.39. The average Bonchev–Trinajstić information content (AvgIpc) is 2.73. The van der Waals surface area contributed by atoms with Gasteiger partial charge >= 0.3 is 0 Å². The van der Waals surface area contributed by atoms with Crippen molar-refractivity contribution in [3.63, 3.8) is 0 Å². The van der Waals surface area contributed by atoms with Gasteiger partial charge in [-0.3, -0.25) is 4.79 Å². The minimum Gasteiger partial charge on any atom is -0.508 e. The summed E-state index contributed by atoms with van der Waals surface area (Å²) in [5, 5.41) is 68.8. The number of hydrogen-bond acceptors (Lipinski definition) is 11. The maximum Gasteiger partial charge on any atom is 0.229 e. The van der Waals surface area contributed by atoms with E-state index in [0.717, 1.165) is 24.3 Å². The van der Waals surface area contributed by atoms with Gasteiger partial charge in [0.15, 0.2) is 5.43 Å². The fourth-order valence-corrected chi connectivity index (χ4v) is 3.49. The van der Waals surface area contributed by atoms with Crippen LogP contribution in [0.15, 0.2) is 45.6 Å². The summed E-state index contributed by atoms with van der Waals surface area (Å²) in [6, 6.07) is 6.96. The number of aromatic hydroxyl groups is 3. The third-order valence-corrected chi connectivity index (χ3v) is 5.12. The first-order chi connectivity index (χ1) is 15.2. The maximum absolute atomic E-state index is 12.5. The summed E-state index contributed by atoms with van der Waals surface area (Å²) >= 11 is 0. The first-order valence-corrected chi connectivity index (χ1v) is 9.50. The predicted octanol–water partition coefficient (Wildman–Crippen LogP) is -0.245. The molecule has 2 aromatic carbocycles. The molecule has 11 nitrogen and oxygen atoms in total. The molecule has 0 aliphatic carbocycles. The van der Waals surface area contributed by atoms with E-state index in [1.165, 1.54) is 12.1 Å². The van der Waals surface area contributed by atoms with Crippen molar-refractivity contribution in [2.75, 3.05) is 6.61 Å². The molecule has 11 heteroatoms. The topological polar surface area (TPSA) is 190 Å². The van der Waals surface area contributed by atoms with Gasteiger partial charge in [-0.05, 0) is 12.1 Å². The molecule has 0 saturated carbocycles. The van der Waals surface area contributed by atoms with Gasteiger partial charge in [0.25, 0.3) is 0 Å². The van der Waals surface area contributed by atoms with Crippen molar-refractivity contribution in [3.8, 4) is 34.3 Å². The molecule has 1 saturated heterocycles. The lowest BCUT2D eigenvalue weighted by atomic mass is 9.99. The number of phenolic OH excluding ortho intramolecular Hbond substituents is 3. The summed E-state index contributed by atoms with van der Waals surface area (Å²) in [4.78, 5) is 12.5. The molecule has 170 valence electrons. The molecule has 7 N–H and O–H groups in total. The van der Waals surface area contributed by atoms with Crippen molar-refractivity contribution in [2.24, 2.45) is 0 Å². The second-order valence-corrected chi connectivity index (χ2v) is 7.31. The zero-order valence-corrected chi connectivity index (χ0v) is 16.3. The summed E-state index contributed by atoms with van der Waals surface area (Å²) in [7, 11) is 0. The molecule has 0 radical (unpaired) electrons. The first-order valence-electron chi connectivity index (χ1n) is 9.50. The highest BCUT2D eigenvalue weighted by Gasteiger charge is 2.45. The highest BCUT2D eigenvalue weighted by Crippen LogP contribution is 2.37. The molecule has 1 aliphatic rings. The van der Waals surface area contributed by atoms with Crippen molar-refractivity contribution in [1.82, 2.24) is 0 Å². The highest BCUT2D eigenvalue weighted by molar-refractivity contribution is 5.86. The Hall–Kier alpha value is -3.35. The number of ether oxygens (including phenoxy) is 2. The van der Waals surface area contributed by atoms with Crippen LogP contribution >= 0.6 is 0 Å². The molecule has 0 bridgehead atoms. The first kappa shape index (κ1) is 21.9. The van der Waals surface area contributed by atoms with Gasteiger partial charge < -0.3 is 49.6 Å². The largest absolute Gasteiger partial charge is 0.508 e. The van der Waals surface area contributed by atoms with E-state index in [2.05, 4.69) is 0 Å². The zero-order valence-electron chi connectivity index (χ0n) is 16.3. The SMILES string of the molecule is O=c1cc(-c2ccc(O)cc2O[C@H]2O[C@H](CO)[C@H](O)[C@@H](O)[C@H]2O)oc2cc(O)cc(O)c12. The lowest BCUT2D eigenvalue weighted by Crippen LogP contribution is -2.60. The normalized spacial score (nSPS) is 25.7. The van der Waals surface area contributed by atoms with Crippen LogP contribution in [-0.2, 0) is 4.74 Å². The Morgan fingerprint density at radius 3 is 2.38 bits per heavy atom. The van der Waals surface area contributed by atoms with E-state index >= 15 is 0 Å². The molecular weight excluding hydrogens is 428 g/mol. The van der Waals surface area contributed by atoms with Crippen LogP contribution in [-0.4, -0.2) is 73.1 Å². The van der Waals surface area contributed by atoms with Gasteiger partial charge in [-0.2, -0.15) is 0 Å². The summed E-state index contributed by atoms with van der Waals surface area (Å²) in [5.41, 5.74) is -0.607. The van der Waals surface area contributed by atoms with Crippen molar-refractivity contribution >= 4 is 11.0 Å². The van der Waals surface area contributed by atoms with Crippen LogP contribution in [0.2, 0.25) is 0 Å². The third-order valence-electron chi connectivity index (χ3n) is 5.12. The molecule has 2 heterocycles. The lowest BCUT2D eigenvalue weighted by molar-refractivity contribution is -0.277. The van der Waals surface area contributed by atoms with E-state index in [4.69, 9.17) is 13.9 Å². The number of fused-ring (bicyclic) bond motifs is 1. The second-order valence-electron chi connectivity index (χ2n) is 7.31. The fraction of sp³-hybridized carbons (Fsp3) is 0.286. The molecule has 1 aromatic heterocycles. The van der Waals surface area contributed by atoms with Gasteiger partial charge in [0, 0.05) is 24.3 Å². The van der Waals surface area contributed by atoms with Gasteiger partial charge in [0.05, 0.1) is 12.2 Å². The summed E-state index contributed by atoms with van der Waals surface area (Å²) in [6.07, 6.45) is -7.75. The quantitative estimate of drug-likeness (QED) is 0.279. The third kappa shape index (κ3) is 3.83. The van der Waals surface area contributed by atoms with E-state index in [0.29, 0.717) is 0 Å². The van der Waals surface area contributed by atoms with E-state index in [-0.39, 0.29) is 39.5 Å². The molecule has 0 amide bonds. The Bertz CT molecular complexity index is 1200. The molecule has 0 spiro atoms. The van der Waals surface area contributed by atoms with Crippen LogP contribution in [0.1, 0.15) is 0 Å². The standard InChI is InChI=1S/C21H20O11/c22-7-16-18(27)19(28)20(29)21(32-16)31-13-4-8(23)1-2-10(13)14-6-12(26)17-11(25)3-9(24)5-15(17)30-14/h1-6,16,18-25,27-29H,7H2/t16-,18+,19-,20-,21+/m1/s1. The number of phenols is 3. The summed E-state index contributed by atoms with van der Waals surface area (Å²) in [5.74, 6) is -1.23. The van der Waals surface area contributed by atoms with Gasteiger partial charge in [-0.25, -0.2) is 0 Å². The van der Waals surface area contributed by atoms with Crippen molar-refractivity contribution in [1.29, 1.82) is 0 Å². The summed E-state index contributed by atoms with van der Waals surface area (Å²) < 4.78 is 16.6. The van der Waals surface area contributed by atoms with Crippen LogP contribution in [0.5, 0.6) is 23.0 Å². The van der Waals surface area contributed by atoms with Crippen LogP contribution < -0.4 is 10.2 Å². The molecule has 3 aromatic rings. The van der Waals surface area contributed by atoms with Crippen LogP contribution in [0.25, 0.3) is 22.3 Å². The number of hydrogen-bond donors (Lipinski definition) is 7. The second kappa shape index (κ2) is 8.30. The summed E-state index contributed by atoms with van der Waals surface area (Å²) in [6.45, 7) is -0.662. The Kier molecular flexibility index (Phi) is 5.67. The Morgan fingerprint density at radius 2 is 1.66 bits per heavy atom. The molecule has 32 heavy (non-hydrogen) atoms. The molecule has 0 unspecified atom stereocenters. The molecule has 1 fully saturated rings. The highest BCUT2D eigenvalue weighted by atomic mass is 16.7. The van der Waals surface area contributed by atoms with Crippen molar-refractivity contribution in [2.45, 2.75) is 30.7 Å². The van der Waals surface area contributed by atoms with E-state index in [1.54, 1.807) is 0 Å². The average molecular weight is 448 g/mol. The van der Waals surface area contributed by atoms with E-state index < -0.39 is 48.5 Å². The van der Waals surface area contributed by atoms with Gasteiger partial charge in [-0.1, -0.05) is 0 Å². The number of aliphatic hydroxyl groups is 4. The van der Waals surface area contributed by atoms with Crippen LogP contribution in [0.3, 0.4) is 0 Å². The Labute approximate surface area is 179 Å². The minimum atomic E-state index is -1.71. The van der Waals surface area contributed by atoms with Crippen LogP contribution in [0, 0.1) is 0 Å². The number of benzene rings is 2. The fourth-order valence-electron chi connectivity index (χ4n) is 3.49. The van der Waals surface area contributed by atoms with E-state index in [1.807, 2.05) is 0 Å². The Morgan fingerprint density at radius 1 is 0.906 bits per heavy atom. The Balaban J connectivity index is 1.77. The maximum atomic E-state index is 12.5. The molecule has 1 aliphatic heterocycles.